The molecule has 0 saturated heterocycles. The number of thioether (sulfide) groups is 1. The maximum Gasteiger partial charge on any atom is 0.191 e. The number of aromatic nitrogens is 4. The molecule has 21 heavy (non-hydrogen) atoms. The molecule has 0 aromatic carbocycles. The van der Waals surface area contributed by atoms with Crippen LogP contribution >= 0.6 is 34.4 Å². The Morgan fingerprint density at radius 3 is 2.95 bits per heavy atom. The summed E-state index contributed by atoms with van der Waals surface area (Å²) in [7, 11) is 0. The molecule has 0 saturated carbocycles. The topological polar surface area (TPSA) is 69.6 Å². The standard InChI is InChI=1S/C13H15N5S3/c1-2-18-11(5-14)16-17-13(18)21-8-10-7-20-12(15-10)9-3-4-19-6-9/h3-4,6-7H,2,5,8,14H2,1H3. The van der Waals surface area contributed by atoms with Gasteiger partial charge in [-0.2, -0.15) is 11.3 Å². The Morgan fingerprint density at radius 2 is 2.24 bits per heavy atom. The highest BCUT2D eigenvalue weighted by Gasteiger charge is 2.11. The van der Waals surface area contributed by atoms with Gasteiger partial charge in [0.15, 0.2) is 5.16 Å². The van der Waals surface area contributed by atoms with E-state index in [0.29, 0.717) is 6.54 Å². The minimum absolute atomic E-state index is 0.417. The molecule has 0 spiro atoms. The fourth-order valence-corrected chi connectivity index (χ4v) is 4.48. The van der Waals surface area contributed by atoms with Crippen molar-refractivity contribution in [1.29, 1.82) is 0 Å². The maximum atomic E-state index is 5.66. The van der Waals surface area contributed by atoms with E-state index in [1.807, 2.05) is 0 Å². The third-order valence-electron chi connectivity index (χ3n) is 2.96. The lowest BCUT2D eigenvalue weighted by molar-refractivity contribution is 0.643. The molecule has 0 aliphatic heterocycles. The van der Waals surface area contributed by atoms with Gasteiger partial charge in [-0.15, -0.1) is 21.5 Å². The van der Waals surface area contributed by atoms with Crippen molar-refractivity contribution in [1.82, 2.24) is 19.7 Å². The molecule has 0 aliphatic rings. The molecule has 3 aromatic rings. The average Bonchev–Trinajstić information content (AvgIpc) is 3.23. The first kappa shape index (κ1) is 14.7. The van der Waals surface area contributed by atoms with Crippen LogP contribution in [-0.4, -0.2) is 19.7 Å². The molecule has 0 amide bonds. The highest BCUT2D eigenvalue weighted by atomic mass is 32.2. The summed E-state index contributed by atoms with van der Waals surface area (Å²) in [5.41, 5.74) is 7.93. The van der Waals surface area contributed by atoms with Gasteiger partial charge in [-0.1, -0.05) is 11.8 Å². The van der Waals surface area contributed by atoms with E-state index < -0.39 is 0 Å². The van der Waals surface area contributed by atoms with Gasteiger partial charge in [-0.25, -0.2) is 4.98 Å². The van der Waals surface area contributed by atoms with Crippen LogP contribution in [0.1, 0.15) is 18.4 Å². The summed E-state index contributed by atoms with van der Waals surface area (Å²) in [6.45, 7) is 3.32. The predicted molar refractivity (Wildman–Crippen MR) is 88.6 cm³/mol. The molecular formula is C13H15N5S3. The van der Waals surface area contributed by atoms with Crippen molar-refractivity contribution in [3.63, 3.8) is 0 Å². The average molecular weight is 337 g/mol. The van der Waals surface area contributed by atoms with Crippen LogP contribution in [0, 0.1) is 0 Å². The van der Waals surface area contributed by atoms with Crippen LogP contribution in [0.4, 0.5) is 0 Å². The van der Waals surface area contributed by atoms with Crippen molar-refractivity contribution in [3.8, 4) is 10.6 Å². The van der Waals surface area contributed by atoms with Crippen molar-refractivity contribution in [3.05, 3.63) is 33.7 Å². The molecule has 0 bridgehead atoms. The Balaban J connectivity index is 1.69. The molecule has 0 unspecified atom stereocenters. The summed E-state index contributed by atoms with van der Waals surface area (Å²) in [5.74, 6) is 1.63. The van der Waals surface area contributed by atoms with Gasteiger partial charge in [0, 0.05) is 28.6 Å². The van der Waals surface area contributed by atoms with Gasteiger partial charge in [0.05, 0.1) is 12.2 Å². The van der Waals surface area contributed by atoms with Crippen LogP contribution in [0.2, 0.25) is 0 Å². The van der Waals surface area contributed by atoms with E-state index in [0.717, 1.165) is 34.0 Å². The molecule has 0 radical (unpaired) electrons. The van der Waals surface area contributed by atoms with Gasteiger partial charge in [0.25, 0.3) is 0 Å². The number of hydrogen-bond acceptors (Lipinski definition) is 7. The molecule has 0 atom stereocenters. The van der Waals surface area contributed by atoms with Crippen LogP contribution in [0.5, 0.6) is 0 Å². The van der Waals surface area contributed by atoms with Crippen molar-refractivity contribution < 1.29 is 0 Å². The number of rotatable bonds is 6. The molecule has 0 aliphatic carbocycles. The molecule has 2 N–H and O–H groups in total. The Kier molecular flexibility index (Phi) is 4.69. The second-order valence-electron chi connectivity index (χ2n) is 4.29. The maximum absolute atomic E-state index is 5.66. The predicted octanol–water partition coefficient (Wildman–Crippen LogP) is 3.23. The highest BCUT2D eigenvalue weighted by molar-refractivity contribution is 7.98. The molecule has 8 heteroatoms. The molecule has 5 nitrogen and oxygen atoms in total. The first-order chi connectivity index (χ1) is 10.3. The van der Waals surface area contributed by atoms with Crippen molar-refractivity contribution in [2.75, 3.05) is 0 Å². The number of hydrogen-bond donors (Lipinski definition) is 1. The summed E-state index contributed by atoms with van der Waals surface area (Å²) in [4.78, 5) is 4.67. The second kappa shape index (κ2) is 6.69. The van der Waals surface area contributed by atoms with Crippen LogP contribution in [-0.2, 0) is 18.8 Å². The van der Waals surface area contributed by atoms with Crippen LogP contribution < -0.4 is 5.73 Å². The largest absolute Gasteiger partial charge is 0.324 e. The van der Waals surface area contributed by atoms with Crippen molar-refractivity contribution in [2.45, 2.75) is 30.9 Å². The van der Waals surface area contributed by atoms with Gasteiger partial charge < -0.3 is 10.3 Å². The molecule has 3 aromatic heterocycles. The van der Waals surface area contributed by atoms with E-state index in [-0.39, 0.29) is 0 Å². The van der Waals surface area contributed by atoms with E-state index in [4.69, 9.17) is 5.73 Å². The molecular weight excluding hydrogens is 322 g/mol. The quantitative estimate of drug-likeness (QED) is 0.699. The number of thiazole rings is 1. The van der Waals surface area contributed by atoms with Gasteiger partial charge in [-0.05, 0) is 18.4 Å². The van der Waals surface area contributed by atoms with E-state index in [1.165, 1.54) is 5.56 Å². The molecule has 3 heterocycles. The van der Waals surface area contributed by atoms with Gasteiger partial charge in [0.2, 0.25) is 0 Å². The van der Waals surface area contributed by atoms with Crippen LogP contribution in [0.25, 0.3) is 10.6 Å². The third-order valence-corrected chi connectivity index (χ3v) is 5.59. The van der Waals surface area contributed by atoms with E-state index in [2.05, 4.69) is 48.9 Å². The minimum atomic E-state index is 0.417. The highest BCUT2D eigenvalue weighted by Crippen LogP contribution is 2.28. The van der Waals surface area contributed by atoms with Crippen molar-refractivity contribution >= 4 is 34.4 Å². The van der Waals surface area contributed by atoms with Gasteiger partial charge in [-0.3, -0.25) is 0 Å². The van der Waals surface area contributed by atoms with E-state index >= 15 is 0 Å². The lowest BCUT2D eigenvalue weighted by Crippen LogP contribution is -2.08. The summed E-state index contributed by atoms with van der Waals surface area (Å²) >= 11 is 5.03. The summed E-state index contributed by atoms with van der Waals surface area (Å²) < 4.78 is 2.05. The zero-order valence-electron chi connectivity index (χ0n) is 11.5. The number of nitrogens with two attached hydrogens (primary N) is 1. The fraction of sp³-hybridized carbons (Fsp3) is 0.308. The second-order valence-corrected chi connectivity index (χ2v) is 6.87. The first-order valence-corrected chi connectivity index (χ1v) is 9.34. The Bertz CT molecular complexity index is 701. The Morgan fingerprint density at radius 1 is 1.33 bits per heavy atom. The molecule has 110 valence electrons. The SMILES string of the molecule is CCn1c(CN)nnc1SCc1csc(-c2ccsc2)n1. The Labute approximate surface area is 135 Å². The minimum Gasteiger partial charge on any atom is -0.324 e. The Hall–Kier alpha value is -1.22. The first-order valence-electron chi connectivity index (χ1n) is 6.53. The summed E-state index contributed by atoms with van der Waals surface area (Å²) in [5, 5.41) is 16.6. The van der Waals surface area contributed by atoms with Crippen LogP contribution in [0.3, 0.4) is 0 Å². The fourth-order valence-electron chi connectivity index (χ4n) is 1.92. The number of thiophene rings is 1. The monoisotopic (exact) mass is 337 g/mol. The smallest absolute Gasteiger partial charge is 0.191 e. The van der Waals surface area contributed by atoms with Gasteiger partial charge >= 0.3 is 0 Å². The number of nitrogens with zero attached hydrogens (tertiary/aromatic N) is 4. The van der Waals surface area contributed by atoms with Gasteiger partial charge in [0.1, 0.15) is 10.8 Å². The molecule has 3 rings (SSSR count). The molecule has 0 fully saturated rings. The summed E-state index contributed by atoms with van der Waals surface area (Å²) in [6.07, 6.45) is 0. The lowest BCUT2D eigenvalue weighted by Gasteiger charge is -2.04. The zero-order chi connectivity index (χ0) is 14.7. The summed E-state index contributed by atoms with van der Waals surface area (Å²) in [6, 6.07) is 2.10. The normalized spacial score (nSPS) is 11.1. The van der Waals surface area contributed by atoms with Crippen LogP contribution in [0.15, 0.2) is 27.4 Å². The zero-order valence-corrected chi connectivity index (χ0v) is 14.0. The van der Waals surface area contributed by atoms with E-state index in [1.54, 1.807) is 34.4 Å². The van der Waals surface area contributed by atoms with Crippen molar-refractivity contribution in [2.24, 2.45) is 5.73 Å². The van der Waals surface area contributed by atoms with E-state index in [9.17, 15) is 0 Å². The lowest BCUT2D eigenvalue weighted by atomic mass is 10.4. The third kappa shape index (κ3) is 3.18.